The molecule has 0 fully saturated rings. The summed E-state index contributed by atoms with van der Waals surface area (Å²) in [6.45, 7) is 2.04. The highest BCUT2D eigenvalue weighted by Gasteiger charge is 2.08. The monoisotopic (exact) mass is 259 g/mol. The van der Waals surface area contributed by atoms with Crippen molar-refractivity contribution >= 4 is 21.9 Å². The molecule has 2 heterocycles. The molecule has 0 aliphatic carbocycles. The minimum Gasteiger partial charge on any atom is -0.456 e. The molecule has 0 unspecified atom stereocenters. The van der Waals surface area contributed by atoms with Crippen molar-refractivity contribution in [2.45, 2.75) is 6.92 Å². The molecule has 2 nitrogen and oxygen atoms in total. The van der Waals surface area contributed by atoms with Crippen molar-refractivity contribution in [2.75, 3.05) is 0 Å². The molecular weight excluding hydrogens is 246 g/mol. The number of para-hydroxylation sites is 1. The molecular formula is C18H13NO. The largest absolute Gasteiger partial charge is 0.456 e. The lowest BCUT2D eigenvalue weighted by Crippen LogP contribution is -1.83. The molecule has 0 amide bonds. The van der Waals surface area contributed by atoms with Crippen LogP contribution in [0.4, 0.5) is 0 Å². The zero-order valence-electron chi connectivity index (χ0n) is 11.1. The Labute approximate surface area is 116 Å². The Kier molecular flexibility index (Phi) is 2.36. The van der Waals surface area contributed by atoms with Gasteiger partial charge in [-0.25, -0.2) is 0 Å². The van der Waals surface area contributed by atoms with Crippen molar-refractivity contribution in [3.05, 3.63) is 66.4 Å². The van der Waals surface area contributed by atoms with E-state index in [2.05, 4.69) is 35.3 Å². The quantitative estimate of drug-likeness (QED) is 0.483. The highest BCUT2D eigenvalue weighted by Crippen LogP contribution is 2.31. The average Bonchev–Trinajstić information content (AvgIpc) is 2.85. The number of hydrogen-bond donors (Lipinski definition) is 0. The van der Waals surface area contributed by atoms with Crippen LogP contribution in [-0.4, -0.2) is 4.98 Å². The van der Waals surface area contributed by atoms with E-state index < -0.39 is 0 Å². The molecule has 4 aromatic rings. The number of pyridine rings is 1. The first-order chi connectivity index (χ1) is 9.81. The van der Waals surface area contributed by atoms with Crippen LogP contribution < -0.4 is 0 Å². The molecule has 20 heavy (non-hydrogen) atoms. The summed E-state index contributed by atoms with van der Waals surface area (Å²) in [5.74, 6) is 0. The predicted octanol–water partition coefficient (Wildman–Crippen LogP) is 4.96. The van der Waals surface area contributed by atoms with Crippen LogP contribution in [0.3, 0.4) is 0 Å². The Bertz CT molecular complexity index is 904. The van der Waals surface area contributed by atoms with Crippen LogP contribution in [-0.2, 0) is 0 Å². The highest BCUT2D eigenvalue weighted by molar-refractivity contribution is 6.05. The van der Waals surface area contributed by atoms with Gasteiger partial charge < -0.3 is 4.42 Å². The van der Waals surface area contributed by atoms with Gasteiger partial charge in [0.05, 0.1) is 5.69 Å². The zero-order valence-corrected chi connectivity index (χ0v) is 11.1. The SMILES string of the molecule is Cc1ccc(-c2ccc3c(c2)oc2ccccc23)nc1. The van der Waals surface area contributed by atoms with Gasteiger partial charge in [0.1, 0.15) is 11.2 Å². The molecule has 2 aromatic carbocycles. The molecule has 96 valence electrons. The summed E-state index contributed by atoms with van der Waals surface area (Å²) in [7, 11) is 0. The first-order valence-corrected chi connectivity index (χ1v) is 6.65. The molecule has 0 radical (unpaired) electrons. The van der Waals surface area contributed by atoms with E-state index in [0.29, 0.717) is 0 Å². The maximum atomic E-state index is 5.91. The van der Waals surface area contributed by atoms with Crippen LogP contribution in [0, 0.1) is 6.92 Å². The molecule has 0 saturated carbocycles. The number of hydrogen-bond acceptors (Lipinski definition) is 2. The van der Waals surface area contributed by atoms with Gasteiger partial charge in [0.25, 0.3) is 0 Å². The van der Waals surface area contributed by atoms with Gasteiger partial charge in [0.15, 0.2) is 0 Å². The van der Waals surface area contributed by atoms with Gasteiger partial charge in [-0.2, -0.15) is 0 Å². The number of benzene rings is 2. The summed E-state index contributed by atoms with van der Waals surface area (Å²) in [6.07, 6.45) is 1.89. The third kappa shape index (κ3) is 1.69. The Balaban J connectivity index is 1.94. The lowest BCUT2D eigenvalue weighted by Gasteiger charge is -2.01. The van der Waals surface area contributed by atoms with Crippen molar-refractivity contribution in [1.82, 2.24) is 4.98 Å². The first kappa shape index (κ1) is 11.2. The van der Waals surface area contributed by atoms with E-state index in [4.69, 9.17) is 4.42 Å². The van der Waals surface area contributed by atoms with Crippen LogP contribution >= 0.6 is 0 Å². The first-order valence-electron chi connectivity index (χ1n) is 6.65. The van der Waals surface area contributed by atoms with Crippen molar-refractivity contribution < 1.29 is 4.42 Å². The van der Waals surface area contributed by atoms with Crippen molar-refractivity contribution in [3.8, 4) is 11.3 Å². The maximum Gasteiger partial charge on any atom is 0.136 e. The van der Waals surface area contributed by atoms with E-state index in [1.165, 1.54) is 5.56 Å². The molecule has 0 aliphatic rings. The normalized spacial score (nSPS) is 11.2. The summed E-state index contributed by atoms with van der Waals surface area (Å²) in [4.78, 5) is 4.47. The second-order valence-corrected chi connectivity index (χ2v) is 5.03. The van der Waals surface area contributed by atoms with Crippen LogP contribution in [0.5, 0.6) is 0 Å². The molecule has 0 atom stereocenters. The predicted molar refractivity (Wildman–Crippen MR) is 81.7 cm³/mol. The van der Waals surface area contributed by atoms with Crippen LogP contribution in [0.25, 0.3) is 33.2 Å². The standard InChI is InChI=1S/C18H13NO/c1-12-6-9-16(19-11-12)13-7-8-15-14-4-2-3-5-17(14)20-18(15)10-13/h2-11H,1H3. The summed E-state index contributed by atoms with van der Waals surface area (Å²) in [5.41, 5.74) is 5.05. The molecule has 2 heteroatoms. The molecule has 2 aromatic heterocycles. The molecule has 0 aliphatic heterocycles. The third-order valence-electron chi connectivity index (χ3n) is 3.59. The molecule has 0 N–H and O–H groups in total. The Hall–Kier alpha value is -2.61. The number of fused-ring (bicyclic) bond motifs is 3. The minimum absolute atomic E-state index is 0.908. The van der Waals surface area contributed by atoms with Crippen molar-refractivity contribution in [3.63, 3.8) is 0 Å². The molecule has 0 bridgehead atoms. The van der Waals surface area contributed by atoms with Crippen molar-refractivity contribution in [1.29, 1.82) is 0 Å². The summed E-state index contributed by atoms with van der Waals surface area (Å²) in [6, 6.07) is 18.5. The van der Waals surface area contributed by atoms with Gasteiger partial charge in [0.2, 0.25) is 0 Å². The summed E-state index contributed by atoms with van der Waals surface area (Å²) in [5, 5.41) is 2.31. The summed E-state index contributed by atoms with van der Waals surface area (Å²) < 4.78 is 5.91. The van der Waals surface area contributed by atoms with Gasteiger partial charge in [0, 0.05) is 22.5 Å². The highest BCUT2D eigenvalue weighted by atomic mass is 16.3. The van der Waals surface area contributed by atoms with Gasteiger partial charge in [-0.15, -0.1) is 0 Å². The van der Waals surface area contributed by atoms with Crippen molar-refractivity contribution in [2.24, 2.45) is 0 Å². The third-order valence-corrected chi connectivity index (χ3v) is 3.59. The second kappa shape index (κ2) is 4.20. The fourth-order valence-electron chi connectivity index (χ4n) is 2.52. The number of aromatic nitrogens is 1. The van der Waals surface area contributed by atoms with Gasteiger partial charge >= 0.3 is 0 Å². The Morgan fingerprint density at radius 3 is 2.55 bits per heavy atom. The number of nitrogens with zero attached hydrogens (tertiary/aromatic N) is 1. The maximum absolute atomic E-state index is 5.91. The van der Waals surface area contributed by atoms with Gasteiger partial charge in [-0.1, -0.05) is 30.3 Å². The lowest BCUT2D eigenvalue weighted by molar-refractivity contribution is 0.669. The van der Waals surface area contributed by atoms with Crippen LogP contribution in [0.2, 0.25) is 0 Å². The number of aryl methyl sites for hydroxylation is 1. The topological polar surface area (TPSA) is 26.0 Å². The van der Waals surface area contributed by atoms with Crippen LogP contribution in [0.1, 0.15) is 5.56 Å². The fraction of sp³-hybridized carbons (Fsp3) is 0.0556. The molecule has 4 rings (SSSR count). The lowest BCUT2D eigenvalue weighted by atomic mass is 10.1. The smallest absolute Gasteiger partial charge is 0.136 e. The van der Waals surface area contributed by atoms with E-state index >= 15 is 0 Å². The van der Waals surface area contributed by atoms with E-state index in [9.17, 15) is 0 Å². The molecule has 0 spiro atoms. The Morgan fingerprint density at radius 1 is 0.850 bits per heavy atom. The van der Waals surface area contributed by atoms with E-state index in [1.807, 2.05) is 37.4 Å². The second-order valence-electron chi connectivity index (χ2n) is 5.03. The van der Waals surface area contributed by atoms with Crippen LogP contribution in [0.15, 0.2) is 65.2 Å². The van der Waals surface area contributed by atoms with Gasteiger partial charge in [-0.05, 0) is 36.8 Å². The Morgan fingerprint density at radius 2 is 1.70 bits per heavy atom. The number of furan rings is 1. The average molecular weight is 259 g/mol. The van der Waals surface area contributed by atoms with E-state index in [0.717, 1.165) is 33.2 Å². The van der Waals surface area contributed by atoms with E-state index in [-0.39, 0.29) is 0 Å². The zero-order chi connectivity index (χ0) is 13.5. The fourth-order valence-corrected chi connectivity index (χ4v) is 2.52. The number of rotatable bonds is 1. The minimum atomic E-state index is 0.908. The molecule has 0 saturated heterocycles. The summed E-state index contributed by atoms with van der Waals surface area (Å²) >= 11 is 0. The van der Waals surface area contributed by atoms with E-state index in [1.54, 1.807) is 0 Å². The van der Waals surface area contributed by atoms with Gasteiger partial charge in [-0.3, -0.25) is 4.98 Å².